The fraction of sp³-hybridized carbons (Fsp3) is 0.357. The number of benzene rings is 1. The molecule has 2 N–H and O–H groups in total. The fourth-order valence-electron chi connectivity index (χ4n) is 2.19. The van der Waals surface area contributed by atoms with Crippen molar-refractivity contribution in [1.29, 1.82) is 0 Å². The zero-order valence-corrected chi connectivity index (χ0v) is 11.6. The Kier molecular flexibility index (Phi) is 3.93. The Morgan fingerprint density at radius 3 is 2.52 bits per heavy atom. The molecule has 0 bridgehead atoms. The molecular weight excluding hydrogens is 286 g/mol. The zero-order chi connectivity index (χ0) is 15.8. The number of rotatable bonds is 3. The molecule has 0 unspecified atom stereocenters. The monoisotopic (exact) mass is 301 g/mol. The smallest absolute Gasteiger partial charge is 0.383 e. The Balaban J connectivity index is 2.56. The molecule has 0 fully saturated rings. The van der Waals surface area contributed by atoms with E-state index in [1.54, 1.807) is 11.5 Å². The molecule has 21 heavy (non-hydrogen) atoms. The molecule has 0 spiro atoms. The summed E-state index contributed by atoms with van der Waals surface area (Å²) in [7, 11) is 0. The molecule has 0 saturated heterocycles. The standard InChI is InChI=1S/C14H15F4N3/c1-3-6-21-8(2)20-12(13(21)19)9-4-5-11(15)10(7-9)14(16,17)18/h4-5,7H,3,6,19H2,1-2H3. The van der Waals surface area contributed by atoms with Crippen molar-refractivity contribution in [3.05, 3.63) is 35.4 Å². The largest absolute Gasteiger partial charge is 0.419 e. The quantitative estimate of drug-likeness (QED) is 0.871. The Bertz CT molecular complexity index is 659. The Labute approximate surface area is 119 Å². The van der Waals surface area contributed by atoms with E-state index >= 15 is 0 Å². The minimum atomic E-state index is -4.75. The third kappa shape index (κ3) is 2.86. The maximum absolute atomic E-state index is 13.3. The van der Waals surface area contributed by atoms with Crippen LogP contribution >= 0.6 is 0 Å². The minimum Gasteiger partial charge on any atom is -0.383 e. The van der Waals surface area contributed by atoms with Gasteiger partial charge in [0.05, 0.1) is 5.56 Å². The van der Waals surface area contributed by atoms with Crippen LogP contribution in [0, 0.1) is 12.7 Å². The molecule has 1 heterocycles. The van der Waals surface area contributed by atoms with Crippen LogP contribution in [0.3, 0.4) is 0 Å². The first kappa shape index (κ1) is 15.3. The van der Waals surface area contributed by atoms with Gasteiger partial charge in [0.2, 0.25) is 0 Å². The van der Waals surface area contributed by atoms with Crippen LogP contribution in [0.25, 0.3) is 11.3 Å². The van der Waals surface area contributed by atoms with Gasteiger partial charge in [0, 0.05) is 12.1 Å². The zero-order valence-electron chi connectivity index (χ0n) is 11.6. The van der Waals surface area contributed by atoms with Gasteiger partial charge in [0.1, 0.15) is 23.2 Å². The number of hydrogen-bond acceptors (Lipinski definition) is 2. The molecule has 2 aromatic rings. The molecule has 0 amide bonds. The molecule has 114 valence electrons. The lowest BCUT2D eigenvalue weighted by molar-refractivity contribution is -0.139. The maximum atomic E-state index is 13.3. The summed E-state index contributed by atoms with van der Waals surface area (Å²) in [5.74, 6) is -0.411. The van der Waals surface area contributed by atoms with Crippen molar-refractivity contribution in [3.8, 4) is 11.3 Å². The van der Waals surface area contributed by atoms with E-state index < -0.39 is 17.6 Å². The summed E-state index contributed by atoms with van der Waals surface area (Å²) >= 11 is 0. The van der Waals surface area contributed by atoms with Gasteiger partial charge in [-0.15, -0.1) is 0 Å². The van der Waals surface area contributed by atoms with E-state index in [1.165, 1.54) is 6.07 Å². The summed E-state index contributed by atoms with van der Waals surface area (Å²) < 4.78 is 53.3. The number of halogens is 4. The first-order chi connectivity index (χ1) is 9.75. The number of imidazole rings is 1. The van der Waals surface area contributed by atoms with Crippen LogP contribution in [0.5, 0.6) is 0 Å². The van der Waals surface area contributed by atoms with Crippen LogP contribution in [0.1, 0.15) is 24.7 Å². The summed E-state index contributed by atoms with van der Waals surface area (Å²) in [5, 5.41) is 0. The van der Waals surface area contributed by atoms with Gasteiger partial charge in [0.25, 0.3) is 0 Å². The average Bonchev–Trinajstić information content (AvgIpc) is 2.66. The summed E-state index contributed by atoms with van der Waals surface area (Å²) in [5.41, 5.74) is 5.02. The van der Waals surface area contributed by atoms with E-state index in [1.807, 2.05) is 6.92 Å². The van der Waals surface area contributed by atoms with Gasteiger partial charge in [-0.25, -0.2) is 9.37 Å². The van der Waals surface area contributed by atoms with Gasteiger partial charge in [-0.1, -0.05) is 6.92 Å². The number of nitrogens with zero attached hydrogens (tertiary/aromatic N) is 2. The molecule has 0 aliphatic heterocycles. The number of anilines is 1. The lowest BCUT2D eigenvalue weighted by atomic mass is 10.1. The molecule has 0 aliphatic rings. The second-order valence-electron chi connectivity index (χ2n) is 4.74. The first-order valence-electron chi connectivity index (χ1n) is 6.45. The predicted molar refractivity (Wildman–Crippen MR) is 72.1 cm³/mol. The van der Waals surface area contributed by atoms with Crippen molar-refractivity contribution in [2.75, 3.05) is 5.73 Å². The van der Waals surface area contributed by atoms with Crippen LogP contribution in [-0.4, -0.2) is 9.55 Å². The van der Waals surface area contributed by atoms with Crippen molar-refractivity contribution in [2.45, 2.75) is 33.0 Å². The van der Waals surface area contributed by atoms with E-state index in [4.69, 9.17) is 5.73 Å². The third-order valence-corrected chi connectivity index (χ3v) is 3.19. The van der Waals surface area contributed by atoms with Crippen molar-refractivity contribution in [3.63, 3.8) is 0 Å². The fourth-order valence-corrected chi connectivity index (χ4v) is 2.19. The molecule has 0 atom stereocenters. The number of nitrogen functional groups attached to an aromatic ring is 1. The van der Waals surface area contributed by atoms with E-state index in [0.717, 1.165) is 18.6 Å². The summed E-state index contributed by atoms with van der Waals surface area (Å²) in [4.78, 5) is 4.20. The van der Waals surface area contributed by atoms with Gasteiger partial charge in [-0.3, -0.25) is 0 Å². The number of hydrogen-bond donors (Lipinski definition) is 1. The number of aromatic nitrogens is 2. The van der Waals surface area contributed by atoms with Crippen LogP contribution in [0.2, 0.25) is 0 Å². The Morgan fingerprint density at radius 1 is 1.29 bits per heavy atom. The highest BCUT2D eigenvalue weighted by Crippen LogP contribution is 2.35. The molecule has 0 saturated carbocycles. The highest BCUT2D eigenvalue weighted by molar-refractivity contribution is 5.71. The van der Waals surface area contributed by atoms with Crippen LogP contribution in [-0.2, 0) is 12.7 Å². The molecule has 7 heteroatoms. The third-order valence-electron chi connectivity index (χ3n) is 3.19. The summed E-state index contributed by atoms with van der Waals surface area (Å²) in [6, 6.07) is 2.77. The van der Waals surface area contributed by atoms with Gasteiger partial charge < -0.3 is 10.3 Å². The molecule has 2 rings (SSSR count). The van der Waals surface area contributed by atoms with Crippen molar-refractivity contribution in [1.82, 2.24) is 9.55 Å². The van der Waals surface area contributed by atoms with E-state index in [2.05, 4.69) is 4.98 Å². The van der Waals surface area contributed by atoms with E-state index in [-0.39, 0.29) is 17.1 Å². The predicted octanol–water partition coefficient (Wildman–Crippen LogP) is 4.01. The Hall–Kier alpha value is -2.05. The van der Waals surface area contributed by atoms with Crippen LogP contribution in [0.15, 0.2) is 18.2 Å². The lowest BCUT2D eigenvalue weighted by Gasteiger charge is -2.10. The highest BCUT2D eigenvalue weighted by Gasteiger charge is 2.34. The first-order valence-corrected chi connectivity index (χ1v) is 6.45. The average molecular weight is 301 g/mol. The molecule has 1 aromatic carbocycles. The number of alkyl halides is 3. The molecule has 1 aromatic heterocycles. The van der Waals surface area contributed by atoms with Crippen molar-refractivity contribution >= 4 is 5.82 Å². The normalized spacial score (nSPS) is 11.9. The SMILES string of the molecule is CCCn1c(C)nc(-c2ccc(F)c(C(F)(F)F)c2)c1N. The van der Waals surface area contributed by atoms with Crippen molar-refractivity contribution < 1.29 is 17.6 Å². The Morgan fingerprint density at radius 2 is 1.95 bits per heavy atom. The second kappa shape index (κ2) is 5.38. The van der Waals surface area contributed by atoms with Crippen molar-refractivity contribution in [2.24, 2.45) is 0 Å². The summed E-state index contributed by atoms with van der Waals surface area (Å²) in [6.07, 6.45) is -3.94. The maximum Gasteiger partial charge on any atom is 0.419 e. The van der Waals surface area contributed by atoms with Gasteiger partial charge in [-0.2, -0.15) is 13.2 Å². The van der Waals surface area contributed by atoms with Gasteiger partial charge in [0.15, 0.2) is 0 Å². The number of aryl methyl sites for hydroxylation is 1. The number of nitrogens with two attached hydrogens (primary N) is 1. The molecular formula is C14H15F4N3. The highest BCUT2D eigenvalue weighted by atomic mass is 19.4. The molecule has 3 nitrogen and oxygen atoms in total. The van der Waals surface area contributed by atoms with Gasteiger partial charge in [-0.05, 0) is 31.5 Å². The van der Waals surface area contributed by atoms with Gasteiger partial charge >= 0.3 is 6.18 Å². The van der Waals surface area contributed by atoms with E-state index in [0.29, 0.717) is 12.4 Å². The molecule has 0 aliphatic carbocycles. The topological polar surface area (TPSA) is 43.8 Å². The molecule has 0 radical (unpaired) electrons. The summed E-state index contributed by atoms with van der Waals surface area (Å²) in [6.45, 7) is 4.31. The lowest BCUT2D eigenvalue weighted by Crippen LogP contribution is -2.08. The minimum absolute atomic E-state index is 0.152. The van der Waals surface area contributed by atoms with E-state index in [9.17, 15) is 17.6 Å². The van der Waals surface area contributed by atoms with Crippen LogP contribution < -0.4 is 5.73 Å². The van der Waals surface area contributed by atoms with Crippen LogP contribution in [0.4, 0.5) is 23.4 Å². The second-order valence-corrected chi connectivity index (χ2v) is 4.74.